The van der Waals surface area contributed by atoms with Crippen molar-refractivity contribution in [2.75, 3.05) is 4.90 Å². The zero-order valence-electron chi connectivity index (χ0n) is 19.1. The van der Waals surface area contributed by atoms with Gasteiger partial charge in [0.2, 0.25) is 5.91 Å². The van der Waals surface area contributed by atoms with E-state index >= 15 is 0 Å². The minimum absolute atomic E-state index is 0.0590. The van der Waals surface area contributed by atoms with E-state index < -0.39 is 0 Å². The third-order valence-corrected chi connectivity index (χ3v) is 7.46. The highest BCUT2D eigenvalue weighted by atomic mass is 35.5. The molecule has 0 aliphatic rings. The normalized spacial score (nSPS) is 11.1. The first-order valence-electron chi connectivity index (χ1n) is 10.4. The van der Waals surface area contributed by atoms with E-state index in [0.29, 0.717) is 15.9 Å². The van der Waals surface area contributed by atoms with Crippen LogP contribution in [0.2, 0.25) is 5.02 Å². The van der Waals surface area contributed by atoms with Gasteiger partial charge >= 0.3 is 0 Å². The van der Waals surface area contributed by atoms with Gasteiger partial charge in [-0.05, 0) is 44.0 Å². The van der Waals surface area contributed by atoms with E-state index in [2.05, 4.69) is 29.3 Å². The number of thioether (sulfide) groups is 1. The number of aromatic nitrogens is 4. The summed E-state index contributed by atoms with van der Waals surface area (Å²) in [5.74, 6) is 1.27. The number of hydrogen-bond donors (Lipinski definition) is 0. The SMILES string of the molecule is CC(=O)N(c1nc(CSc2nnc(-c3ccccc3Cl)n2C)cs1)c1c(C)cc(C)cc1C. The Bertz CT molecular complexity index is 1310. The molecule has 0 aliphatic carbocycles. The number of nitrogens with zero attached hydrogens (tertiary/aromatic N) is 5. The fourth-order valence-corrected chi connectivity index (χ4v) is 5.84. The van der Waals surface area contributed by atoms with Gasteiger partial charge in [0, 0.05) is 30.7 Å². The molecule has 9 heteroatoms. The van der Waals surface area contributed by atoms with Crippen LogP contribution in [-0.2, 0) is 17.6 Å². The summed E-state index contributed by atoms with van der Waals surface area (Å²) in [6.07, 6.45) is 0. The molecule has 4 rings (SSSR count). The second kappa shape index (κ2) is 9.67. The third kappa shape index (κ3) is 4.83. The van der Waals surface area contributed by atoms with Gasteiger partial charge in [0.25, 0.3) is 0 Å². The number of halogens is 1. The van der Waals surface area contributed by atoms with Crippen LogP contribution < -0.4 is 4.90 Å². The quantitative estimate of drug-likeness (QED) is 0.285. The Kier molecular flexibility index (Phi) is 6.88. The number of amides is 1. The minimum atomic E-state index is -0.0590. The predicted octanol–water partition coefficient (Wildman–Crippen LogP) is 6.49. The highest BCUT2D eigenvalue weighted by molar-refractivity contribution is 7.98. The fraction of sp³-hybridized carbons (Fsp3) is 0.250. The first kappa shape index (κ1) is 23.5. The lowest BCUT2D eigenvalue weighted by atomic mass is 10.0. The monoisotopic (exact) mass is 497 g/mol. The largest absolute Gasteiger partial charge is 0.305 e. The highest BCUT2D eigenvalue weighted by Crippen LogP contribution is 2.36. The van der Waals surface area contributed by atoms with Crippen molar-refractivity contribution in [3.63, 3.8) is 0 Å². The number of thiazole rings is 1. The maximum Gasteiger partial charge on any atom is 0.230 e. The van der Waals surface area contributed by atoms with Gasteiger partial charge in [0.15, 0.2) is 16.1 Å². The summed E-state index contributed by atoms with van der Waals surface area (Å²) in [5.41, 5.74) is 5.92. The highest BCUT2D eigenvalue weighted by Gasteiger charge is 2.22. The minimum Gasteiger partial charge on any atom is -0.305 e. The molecule has 0 aliphatic heterocycles. The molecular weight excluding hydrogens is 474 g/mol. The molecule has 0 bridgehead atoms. The lowest BCUT2D eigenvalue weighted by molar-refractivity contribution is -0.115. The van der Waals surface area contributed by atoms with Crippen LogP contribution in [0.15, 0.2) is 46.9 Å². The zero-order valence-corrected chi connectivity index (χ0v) is 21.5. The van der Waals surface area contributed by atoms with E-state index in [-0.39, 0.29) is 5.91 Å². The van der Waals surface area contributed by atoms with Crippen molar-refractivity contribution in [2.45, 2.75) is 38.6 Å². The van der Waals surface area contributed by atoms with E-state index in [0.717, 1.165) is 39.1 Å². The number of rotatable bonds is 6. The lowest BCUT2D eigenvalue weighted by Crippen LogP contribution is -2.24. The first-order chi connectivity index (χ1) is 15.8. The molecule has 0 atom stereocenters. The Morgan fingerprint density at radius 1 is 1.15 bits per heavy atom. The summed E-state index contributed by atoms with van der Waals surface area (Å²) in [6.45, 7) is 7.69. The second-order valence-corrected chi connectivity index (χ2v) is 10.0. The van der Waals surface area contributed by atoms with Crippen LogP contribution in [-0.4, -0.2) is 25.7 Å². The Hall–Kier alpha value is -2.68. The maximum absolute atomic E-state index is 12.6. The summed E-state index contributed by atoms with van der Waals surface area (Å²) < 4.78 is 1.93. The van der Waals surface area contributed by atoms with Gasteiger partial charge in [-0.15, -0.1) is 21.5 Å². The molecule has 2 aromatic heterocycles. The molecular formula is C24H24ClN5OS2. The average Bonchev–Trinajstić information content (AvgIpc) is 3.35. The molecule has 4 aromatic rings. The average molecular weight is 498 g/mol. The molecule has 33 heavy (non-hydrogen) atoms. The van der Waals surface area contributed by atoms with Crippen LogP contribution in [0, 0.1) is 20.8 Å². The molecule has 0 fully saturated rings. The number of aryl methyl sites for hydroxylation is 3. The topological polar surface area (TPSA) is 63.9 Å². The van der Waals surface area contributed by atoms with E-state index in [4.69, 9.17) is 16.6 Å². The molecule has 0 spiro atoms. The maximum atomic E-state index is 12.6. The van der Waals surface area contributed by atoms with Gasteiger partial charge in [0.05, 0.1) is 16.4 Å². The third-order valence-electron chi connectivity index (χ3n) is 5.20. The van der Waals surface area contributed by atoms with E-state index in [1.807, 2.05) is 55.1 Å². The van der Waals surface area contributed by atoms with Crippen LogP contribution >= 0.6 is 34.7 Å². The van der Waals surface area contributed by atoms with Gasteiger partial charge in [-0.25, -0.2) is 4.98 Å². The number of hydrogen-bond acceptors (Lipinski definition) is 6. The lowest BCUT2D eigenvalue weighted by Gasteiger charge is -2.23. The fourth-order valence-electron chi connectivity index (χ4n) is 3.83. The Labute approximate surface area is 206 Å². The molecule has 6 nitrogen and oxygen atoms in total. The smallest absolute Gasteiger partial charge is 0.230 e. The van der Waals surface area contributed by atoms with Gasteiger partial charge in [-0.2, -0.15) is 0 Å². The van der Waals surface area contributed by atoms with Crippen molar-refractivity contribution in [3.05, 3.63) is 69.2 Å². The molecule has 0 saturated carbocycles. The molecule has 2 heterocycles. The van der Waals surface area contributed by atoms with Crippen molar-refractivity contribution in [2.24, 2.45) is 7.05 Å². The molecule has 170 valence electrons. The summed E-state index contributed by atoms with van der Waals surface area (Å²) in [4.78, 5) is 19.1. The van der Waals surface area contributed by atoms with Gasteiger partial charge < -0.3 is 4.57 Å². The van der Waals surface area contributed by atoms with Crippen LogP contribution in [0.3, 0.4) is 0 Å². The van der Waals surface area contributed by atoms with Gasteiger partial charge in [0.1, 0.15) is 0 Å². The zero-order chi connectivity index (χ0) is 23.7. The number of benzene rings is 2. The van der Waals surface area contributed by atoms with E-state index in [9.17, 15) is 4.79 Å². The van der Waals surface area contributed by atoms with Crippen molar-refractivity contribution >= 4 is 51.4 Å². The first-order valence-corrected chi connectivity index (χ1v) is 12.6. The molecule has 0 N–H and O–H groups in total. The van der Waals surface area contributed by atoms with Crippen molar-refractivity contribution in [1.29, 1.82) is 0 Å². The van der Waals surface area contributed by atoms with Gasteiger partial charge in [-0.3, -0.25) is 9.69 Å². The van der Waals surface area contributed by atoms with Crippen LogP contribution in [0.25, 0.3) is 11.4 Å². The molecule has 1 amide bonds. The molecule has 0 saturated heterocycles. The van der Waals surface area contributed by atoms with Gasteiger partial charge in [-0.1, -0.05) is 53.2 Å². The van der Waals surface area contributed by atoms with Crippen molar-refractivity contribution < 1.29 is 4.79 Å². The van der Waals surface area contributed by atoms with Crippen molar-refractivity contribution in [1.82, 2.24) is 19.7 Å². The van der Waals surface area contributed by atoms with Crippen molar-refractivity contribution in [3.8, 4) is 11.4 Å². The van der Waals surface area contributed by atoms with E-state index in [1.54, 1.807) is 23.6 Å². The van der Waals surface area contributed by atoms with Crippen LogP contribution in [0.5, 0.6) is 0 Å². The summed E-state index contributed by atoms with van der Waals surface area (Å²) in [5, 5.41) is 12.7. The summed E-state index contributed by atoms with van der Waals surface area (Å²) in [6, 6.07) is 11.8. The summed E-state index contributed by atoms with van der Waals surface area (Å²) in [7, 11) is 1.92. The second-order valence-electron chi connectivity index (χ2n) is 7.86. The number of anilines is 2. The predicted molar refractivity (Wildman–Crippen MR) is 137 cm³/mol. The molecule has 2 aromatic carbocycles. The number of carbonyl (C=O) groups excluding carboxylic acids is 1. The summed E-state index contributed by atoms with van der Waals surface area (Å²) >= 11 is 9.34. The number of carbonyl (C=O) groups is 1. The Balaban J connectivity index is 1.55. The standard InChI is InChI=1S/C24H24ClN5OS2/c1-14-10-15(2)21(16(3)11-14)30(17(4)31)23-26-18(12-32-23)13-33-24-28-27-22(29(24)5)19-8-6-7-9-20(19)25/h6-12H,13H2,1-5H3. The molecule has 0 unspecified atom stereocenters. The Morgan fingerprint density at radius 2 is 1.85 bits per heavy atom. The molecule has 0 radical (unpaired) electrons. The van der Waals surface area contributed by atoms with Crippen LogP contribution in [0.4, 0.5) is 10.8 Å². The van der Waals surface area contributed by atoms with E-state index in [1.165, 1.54) is 16.9 Å². The Morgan fingerprint density at radius 3 is 2.52 bits per heavy atom. The van der Waals surface area contributed by atoms with Crippen LogP contribution in [0.1, 0.15) is 29.3 Å².